The number of nitriles is 1. The molecule has 0 heterocycles. The van der Waals surface area contributed by atoms with E-state index >= 15 is 0 Å². The first-order valence-electron chi connectivity index (χ1n) is 3.55. The molecule has 3 heteroatoms. The lowest BCUT2D eigenvalue weighted by Crippen LogP contribution is -1.90. The Morgan fingerprint density at radius 2 is 1.58 bits per heavy atom. The normalized spacial score (nSPS) is 9.42. The van der Waals surface area contributed by atoms with Crippen LogP contribution in [-0.4, -0.2) is 10.2 Å². The number of nitrogens with zero attached hydrogens (tertiary/aromatic N) is 1. The van der Waals surface area contributed by atoms with Crippen LogP contribution >= 0.6 is 0 Å². The van der Waals surface area contributed by atoms with Crippen molar-refractivity contribution in [2.75, 3.05) is 0 Å². The fourth-order valence-electron chi connectivity index (χ4n) is 1.01. The molecule has 0 saturated heterocycles. The van der Waals surface area contributed by atoms with Gasteiger partial charge in [0.1, 0.15) is 0 Å². The second-order valence-electron chi connectivity index (χ2n) is 2.47. The van der Waals surface area contributed by atoms with E-state index in [9.17, 15) is 0 Å². The van der Waals surface area contributed by atoms with E-state index < -0.39 is 0 Å². The van der Waals surface area contributed by atoms with Gasteiger partial charge in [-0.2, -0.15) is 5.26 Å². The average molecular weight is 163 g/mol. The fraction of sp³-hybridized carbons (Fsp3) is 0.222. The Morgan fingerprint density at radius 3 is 1.92 bits per heavy atom. The summed E-state index contributed by atoms with van der Waals surface area (Å²) in [6.45, 7) is -0.217. The molecule has 0 atom stereocenters. The summed E-state index contributed by atoms with van der Waals surface area (Å²) in [5.74, 6) is 0. The molecule has 3 nitrogen and oxygen atoms in total. The third kappa shape index (κ3) is 1.82. The lowest BCUT2D eigenvalue weighted by Gasteiger charge is -2.00. The summed E-state index contributed by atoms with van der Waals surface area (Å²) in [5, 5.41) is 26.1. The van der Waals surface area contributed by atoms with Crippen molar-refractivity contribution in [2.24, 2.45) is 0 Å². The molecular weight excluding hydrogens is 154 g/mol. The quantitative estimate of drug-likeness (QED) is 0.668. The molecular formula is C9H9NO2. The third-order valence-corrected chi connectivity index (χ3v) is 1.55. The zero-order chi connectivity index (χ0) is 8.97. The summed E-state index contributed by atoms with van der Waals surface area (Å²) in [4.78, 5) is 0. The van der Waals surface area contributed by atoms with Gasteiger partial charge in [-0.1, -0.05) is 6.07 Å². The van der Waals surface area contributed by atoms with Gasteiger partial charge in [-0.15, -0.1) is 0 Å². The minimum Gasteiger partial charge on any atom is -0.392 e. The molecule has 0 aromatic heterocycles. The monoisotopic (exact) mass is 163 g/mol. The molecule has 0 bridgehead atoms. The molecule has 0 aliphatic heterocycles. The van der Waals surface area contributed by atoms with Crippen molar-refractivity contribution in [1.82, 2.24) is 0 Å². The van der Waals surface area contributed by atoms with Crippen molar-refractivity contribution in [1.29, 1.82) is 5.26 Å². The number of aliphatic hydroxyl groups is 2. The molecule has 0 saturated carbocycles. The maximum absolute atomic E-state index is 8.79. The van der Waals surface area contributed by atoms with Crippen LogP contribution in [0.1, 0.15) is 16.7 Å². The van der Waals surface area contributed by atoms with Gasteiger partial charge in [0.15, 0.2) is 0 Å². The maximum atomic E-state index is 8.79. The average Bonchev–Trinajstić information content (AvgIpc) is 2.16. The molecule has 1 aromatic rings. The van der Waals surface area contributed by atoms with E-state index in [1.807, 2.05) is 6.07 Å². The molecule has 0 aliphatic carbocycles. The van der Waals surface area contributed by atoms with Gasteiger partial charge >= 0.3 is 0 Å². The van der Waals surface area contributed by atoms with E-state index in [2.05, 4.69) is 0 Å². The number of hydrogen-bond donors (Lipinski definition) is 2. The zero-order valence-electron chi connectivity index (χ0n) is 6.49. The standard InChI is InChI=1S/C9H9NO2/c10-4-7-1-8(5-11)3-9(2-7)6-12/h1-3,11-12H,5-6H2. The molecule has 0 radical (unpaired) electrons. The van der Waals surface area contributed by atoms with Crippen molar-refractivity contribution in [3.63, 3.8) is 0 Å². The Labute approximate surface area is 70.5 Å². The SMILES string of the molecule is N#Cc1cc(CO)cc(CO)c1. The number of rotatable bonds is 2. The summed E-state index contributed by atoms with van der Waals surface area (Å²) in [6.07, 6.45) is 0. The van der Waals surface area contributed by atoms with Crippen molar-refractivity contribution >= 4 is 0 Å². The second-order valence-corrected chi connectivity index (χ2v) is 2.47. The lowest BCUT2D eigenvalue weighted by molar-refractivity contribution is 0.275. The first-order valence-corrected chi connectivity index (χ1v) is 3.55. The molecule has 0 spiro atoms. The van der Waals surface area contributed by atoms with Gasteiger partial charge < -0.3 is 10.2 Å². The molecule has 1 rings (SSSR count). The maximum Gasteiger partial charge on any atom is 0.0991 e. The van der Waals surface area contributed by atoms with Gasteiger partial charge in [0.05, 0.1) is 24.8 Å². The number of benzene rings is 1. The number of aliphatic hydroxyl groups excluding tert-OH is 2. The molecule has 0 aliphatic rings. The van der Waals surface area contributed by atoms with Crippen LogP contribution < -0.4 is 0 Å². The van der Waals surface area contributed by atoms with Crippen LogP contribution in [0, 0.1) is 11.3 Å². The molecule has 1 aromatic carbocycles. The Morgan fingerprint density at radius 1 is 1.08 bits per heavy atom. The topological polar surface area (TPSA) is 64.2 Å². The minimum atomic E-state index is -0.109. The summed E-state index contributed by atoms with van der Waals surface area (Å²) < 4.78 is 0. The molecule has 12 heavy (non-hydrogen) atoms. The number of hydrogen-bond acceptors (Lipinski definition) is 3. The molecule has 0 unspecified atom stereocenters. The van der Waals surface area contributed by atoms with E-state index in [-0.39, 0.29) is 13.2 Å². The molecule has 0 fully saturated rings. The first kappa shape index (κ1) is 8.72. The molecule has 0 amide bonds. The van der Waals surface area contributed by atoms with Crippen molar-refractivity contribution < 1.29 is 10.2 Å². The summed E-state index contributed by atoms with van der Waals surface area (Å²) in [7, 11) is 0. The van der Waals surface area contributed by atoms with Gasteiger partial charge in [0, 0.05) is 0 Å². The van der Waals surface area contributed by atoms with Crippen molar-refractivity contribution in [3.05, 3.63) is 34.9 Å². The van der Waals surface area contributed by atoms with Crippen molar-refractivity contribution in [2.45, 2.75) is 13.2 Å². The highest BCUT2D eigenvalue weighted by molar-refractivity contribution is 5.36. The zero-order valence-corrected chi connectivity index (χ0v) is 6.49. The predicted molar refractivity (Wildman–Crippen MR) is 43.0 cm³/mol. The lowest BCUT2D eigenvalue weighted by atomic mass is 10.1. The third-order valence-electron chi connectivity index (χ3n) is 1.55. The second kappa shape index (κ2) is 3.86. The van der Waals surface area contributed by atoms with Gasteiger partial charge in [-0.3, -0.25) is 0 Å². The summed E-state index contributed by atoms with van der Waals surface area (Å²) in [5.41, 5.74) is 1.77. The minimum absolute atomic E-state index is 0.109. The highest BCUT2D eigenvalue weighted by Crippen LogP contribution is 2.09. The Balaban J connectivity index is 3.12. The Kier molecular flexibility index (Phi) is 2.81. The van der Waals surface area contributed by atoms with Gasteiger partial charge in [0.25, 0.3) is 0 Å². The van der Waals surface area contributed by atoms with E-state index in [0.29, 0.717) is 16.7 Å². The van der Waals surface area contributed by atoms with Crippen LogP contribution in [0.15, 0.2) is 18.2 Å². The van der Waals surface area contributed by atoms with Crippen LogP contribution in [-0.2, 0) is 13.2 Å². The van der Waals surface area contributed by atoms with E-state index in [4.69, 9.17) is 15.5 Å². The summed E-state index contributed by atoms with van der Waals surface area (Å²) in [6, 6.07) is 6.81. The van der Waals surface area contributed by atoms with E-state index in [0.717, 1.165) is 0 Å². The predicted octanol–water partition coefficient (Wildman–Crippen LogP) is 0.543. The van der Waals surface area contributed by atoms with Crippen LogP contribution in [0.2, 0.25) is 0 Å². The Hall–Kier alpha value is -1.37. The van der Waals surface area contributed by atoms with Crippen LogP contribution in [0.4, 0.5) is 0 Å². The van der Waals surface area contributed by atoms with E-state index in [1.165, 1.54) is 0 Å². The highest BCUT2D eigenvalue weighted by atomic mass is 16.3. The van der Waals surface area contributed by atoms with Crippen molar-refractivity contribution in [3.8, 4) is 6.07 Å². The van der Waals surface area contributed by atoms with Gasteiger partial charge in [-0.05, 0) is 23.3 Å². The molecule has 62 valence electrons. The van der Waals surface area contributed by atoms with Gasteiger partial charge in [-0.25, -0.2) is 0 Å². The largest absolute Gasteiger partial charge is 0.392 e. The fourth-order valence-corrected chi connectivity index (χ4v) is 1.01. The Bertz CT molecular complexity index is 293. The van der Waals surface area contributed by atoms with Crippen LogP contribution in [0.3, 0.4) is 0 Å². The molecule has 2 N–H and O–H groups in total. The van der Waals surface area contributed by atoms with Gasteiger partial charge in [0.2, 0.25) is 0 Å². The van der Waals surface area contributed by atoms with Crippen LogP contribution in [0.25, 0.3) is 0 Å². The van der Waals surface area contributed by atoms with E-state index in [1.54, 1.807) is 18.2 Å². The first-order chi connectivity index (χ1) is 5.80. The van der Waals surface area contributed by atoms with Crippen LogP contribution in [0.5, 0.6) is 0 Å². The summed E-state index contributed by atoms with van der Waals surface area (Å²) >= 11 is 0. The smallest absolute Gasteiger partial charge is 0.0991 e. The highest BCUT2D eigenvalue weighted by Gasteiger charge is 1.98.